The maximum Gasteiger partial charge on any atom is 0.0460 e. The van der Waals surface area contributed by atoms with Crippen molar-refractivity contribution in [3.05, 3.63) is 46.8 Å². The number of unbranched alkanes of at least 4 members (excludes halogenated alkanes) is 1. The quantitative estimate of drug-likeness (QED) is 0.463. The van der Waals surface area contributed by atoms with Crippen LogP contribution in [0.4, 0.5) is 0 Å². The van der Waals surface area contributed by atoms with Gasteiger partial charge in [-0.05, 0) is 42.5 Å². The minimum absolute atomic E-state index is 1.21. The molecule has 3 aromatic rings. The van der Waals surface area contributed by atoms with Crippen LogP contribution in [0.15, 0.2) is 36.4 Å². The zero-order chi connectivity index (χ0) is 14.7. The molecule has 110 valence electrons. The molecule has 21 heavy (non-hydrogen) atoms. The van der Waals surface area contributed by atoms with Crippen LogP contribution in [0.3, 0.4) is 0 Å². The van der Waals surface area contributed by atoms with Crippen molar-refractivity contribution in [1.82, 2.24) is 0 Å². The molecule has 0 spiro atoms. The Morgan fingerprint density at radius 1 is 0.810 bits per heavy atom. The van der Waals surface area contributed by atoms with Crippen LogP contribution in [0, 0.1) is 0 Å². The lowest BCUT2D eigenvalue weighted by molar-refractivity contribution is 0.795. The molecule has 0 bridgehead atoms. The van der Waals surface area contributed by atoms with E-state index in [1.165, 1.54) is 62.4 Å². The van der Waals surface area contributed by atoms with E-state index in [1.54, 1.807) is 0 Å². The lowest BCUT2D eigenvalue weighted by Crippen LogP contribution is -1.83. The van der Waals surface area contributed by atoms with Gasteiger partial charge in [0, 0.05) is 19.2 Å². The Kier molecular flexibility index (Phi) is 4.77. The maximum absolute atomic E-state index is 2.38. The summed E-state index contributed by atoms with van der Waals surface area (Å²) in [5.74, 6) is 0. The first-order chi connectivity index (χ1) is 10.3. The highest BCUT2D eigenvalue weighted by atomic mass is 32.1. The van der Waals surface area contributed by atoms with Gasteiger partial charge in [-0.2, -0.15) is 0 Å². The third-order valence-corrected chi connectivity index (χ3v) is 6.21. The summed E-state index contributed by atoms with van der Waals surface area (Å²) < 4.78 is 2.90. The van der Waals surface area contributed by atoms with Crippen molar-refractivity contribution in [3.63, 3.8) is 0 Å². The third-order valence-electron chi connectivity index (χ3n) is 3.81. The zero-order valence-corrected chi connectivity index (χ0v) is 14.4. The highest BCUT2D eigenvalue weighted by molar-refractivity contribution is 7.29. The maximum atomic E-state index is 2.38. The minimum Gasteiger partial charge on any atom is -0.139 e. The second kappa shape index (κ2) is 6.76. The molecule has 0 fully saturated rings. The third kappa shape index (κ3) is 3.38. The summed E-state index contributed by atoms with van der Waals surface area (Å²) in [5, 5.41) is 0. The predicted octanol–water partition coefficient (Wildman–Crippen LogP) is 6.92. The molecule has 2 aromatic heterocycles. The highest BCUT2D eigenvalue weighted by Gasteiger charge is 2.08. The van der Waals surface area contributed by atoms with E-state index in [0.717, 1.165) is 0 Å². The fourth-order valence-corrected chi connectivity index (χ4v) is 5.14. The van der Waals surface area contributed by atoms with Gasteiger partial charge in [-0.25, -0.2) is 0 Å². The molecule has 0 saturated heterocycles. The summed E-state index contributed by atoms with van der Waals surface area (Å²) in [6.07, 6.45) is 6.21. The molecule has 0 radical (unpaired) electrons. The molecule has 3 rings (SSSR count). The first-order valence-electron chi connectivity index (χ1n) is 7.91. The van der Waals surface area contributed by atoms with Crippen LogP contribution in [0.5, 0.6) is 0 Å². The van der Waals surface area contributed by atoms with E-state index in [4.69, 9.17) is 0 Å². The Balaban J connectivity index is 1.81. The first-order valence-corrected chi connectivity index (χ1v) is 9.55. The van der Waals surface area contributed by atoms with E-state index in [0.29, 0.717) is 0 Å². The molecular weight excluding hydrogens is 292 g/mol. The van der Waals surface area contributed by atoms with Crippen molar-refractivity contribution in [3.8, 4) is 10.4 Å². The van der Waals surface area contributed by atoms with Crippen LogP contribution in [0.2, 0.25) is 0 Å². The molecule has 0 aliphatic heterocycles. The molecular formula is C19H22S2. The van der Waals surface area contributed by atoms with Gasteiger partial charge in [-0.3, -0.25) is 0 Å². The van der Waals surface area contributed by atoms with Gasteiger partial charge >= 0.3 is 0 Å². The van der Waals surface area contributed by atoms with Crippen molar-refractivity contribution in [2.45, 2.75) is 46.0 Å². The lowest BCUT2D eigenvalue weighted by Gasteiger charge is -2.02. The Morgan fingerprint density at radius 3 is 2.24 bits per heavy atom. The number of benzene rings is 1. The summed E-state index contributed by atoms with van der Waals surface area (Å²) >= 11 is 3.89. The molecule has 2 heteroatoms. The number of hydrogen-bond acceptors (Lipinski definition) is 2. The van der Waals surface area contributed by atoms with Crippen LogP contribution in [-0.2, 0) is 12.8 Å². The molecule has 0 atom stereocenters. The van der Waals surface area contributed by atoms with Crippen LogP contribution in [0.1, 0.15) is 43.6 Å². The van der Waals surface area contributed by atoms with Crippen molar-refractivity contribution >= 4 is 32.1 Å². The van der Waals surface area contributed by atoms with Crippen molar-refractivity contribution < 1.29 is 0 Å². The molecule has 2 heterocycles. The largest absolute Gasteiger partial charge is 0.139 e. The Hall–Kier alpha value is -1.12. The fraction of sp³-hybridized carbons (Fsp3) is 0.368. The minimum atomic E-state index is 1.21. The standard InChI is InChI=1S/C19H22S2/c1-3-5-7-14-8-10-15(11-9-14)17-13-19-18(21-17)12-16(20-19)6-4-2/h8-13H,3-7H2,1-2H3. The summed E-state index contributed by atoms with van der Waals surface area (Å²) in [6.45, 7) is 4.50. The molecule has 0 N–H and O–H groups in total. The fourth-order valence-electron chi connectivity index (χ4n) is 2.61. The summed E-state index contributed by atoms with van der Waals surface area (Å²) in [5.41, 5.74) is 2.82. The van der Waals surface area contributed by atoms with Crippen LogP contribution in [-0.4, -0.2) is 0 Å². The lowest BCUT2D eigenvalue weighted by atomic mass is 10.1. The average Bonchev–Trinajstić information content (AvgIpc) is 3.04. The molecule has 0 unspecified atom stereocenters. The highest BCUT2D eigenvalue weighted by Crippen LogP contribution is 2.38. The van der Waals surface area contributed by atoms with Gasteiger partial charge in [0.05, 0.1) is 0 Å². The van der Waals surface area contributed by atoms with E-state index in [1.807, 2.05) is 22.7 Å². The van der Waals surface area contributed by atoms with E-state index < -0.39 is 0 Å². The summed E-state index contributed by atoms with van der Waals surface area (Å²) in [7, 11) is 0. The monoisotopic (exact) mass is 314 g/mol. The average molecular weight is 315 g/mol. The van der Waals surface area contributed by atoms with Gasteiger partial charge in [-0.15, -0.1) is 22.7 Å². The van der Waals surface area contributed by atoms with E-state index in [2.05, 4.69) is 50.2 Å². The van der Waals surface area contributed by atoms with Gasteiger partial charge in [-0.1, -0.05) is 51.0 Å². The van der Waals surface area contributed by atoms with Gasteiger partial charge in [0.15, 0.2) is 0 Å². The number of fused-ring (bicyclic) bond motifs is 1. The summed E-state index contributed by atoms with van der Waals surface area (Å²) in [4.78, 5) is 2.93. The van der Waals surface area contributed by atoms with Crippen LogP contribution < -0.4 is 0 Å². The van der Waals surface area contributed by atoms with E-state index in [9.17, 15) is 0 Å². The summed E-state index contributed by atoms with van der Waals surface area (Å²) in [6, 6.07) is 13.9. The smallest absolute Gasteiger partial charge is 0.0460 e. The number of thiophene rings is 2. The van der Waals surface area contributed by atoms with Gasteiger partial charge < -0.3 is 0 Å². The van der Waals surface area contributed by atoms with E-state index in [-0.39, 0.29) is 0 Å². The zero-order valence-electron chi connectivity index (χ0n) is 12.8. The second-order valence-electron chi connectivity index (χ2n) is 5.60. The van der Waals surface area contributed by atoms with Gasteiger partial charge in [0.1, 0.15) is 0 Å². The number of hydrogen-bond donors (Lipinski definition) is 0. The van der Waals surface area contributed by atoms with Gasteiger partial charge in [0.25, 0.3) is 0 Å². The molecule has 0 amide bonds. The Morgan fingerprint density at radius 2 is 1.57 bits per heavy atom. The molecule has 1 aromatic carbocycles. The second-order valence-corrected chi connectivity index (χ2v) is 7.85. The van der Waals surface area contributed by atoms with Crippen molar-refractivity contribution in [1.29, 1.82) is 0 Å². The SMILES string of the molecule is CCCCc1ccc(-c2cc3sc(CCC)cc3s2)cc1. The molecule has 0 aliphatic rings. The Labute approximate surface area is 135 Å². The first kappa shape index (κ1) is 14.8. The molecule has 0 aliphatic carbocycles. The number of rotatable bonds is 6. The molecule has 0 saturated carbocycles. The normalized spacial score (nSPS) is 11.3. The van der Waals surface area contributed by atoms with Crippen LogP contribution >= 0.6 is 22.7 Å². The van der Waals surface area contributed by atoms with E-state index >= 15 is 0 Å². The topological polar surface area (TPSA) is 0 Å². The number of aryl methyl sites for hydroxylation is 2. The van der Waals surface area contributed by atoms with Crippen molar-refractivity contribution in [2.75, 3.05) is 0 Å². The van der Waals surface area contributed by atoms with Gasteiger partial charge in [0.2, 0.25) is 0 Å². The van der Waals surface area contributed by atoms with Crippen LogP contribution in [0.25, 0.3) is 19.8 Å². The van der Waals surface area contributed by atoms with Crippen molar-refractivity contribution in [2.24, 2.45) is 0 Å². The molecule has 0 nitrogen and oxygen atoms in total. The Bertz CT molecular complexity index is 669. The predicted molar refractivity (Wildman–Crippen MR) is 97.7 cm³/mol.